The van der Waals surface area contributed by atoms with Crippen LogP contribution in [0.15, 0.2) is 23.2 Å². The van der Waals surface area contributed by atoms with Crippen LogP contribution in [-0.4, -0.2) is 38.5 Å². The van der Waals surface area contributed by atoms with Crippen molar-refractivity contribution in [2.45, 2.75) is 31.8 Å². The van der Waals surface area contributed by atoms with Crippen LogP contribution in [0.3, 0.4) is 0 Å². The number of hydrogen-bond acceptors (Lipinski definition) is 3. The van der Waals surface area contributed by atoms with Gasteiger partial charge < -0.3 is 10.6 Å². The van der Waals surface area contributed by atoms with Gasteiger partial charge in [-0.1, -0.05) is 0 Å². The Morgan fingerprint density at radius 1 is 1.25 bits per heavy atom. The van der Waals surface area contributed by atoms with Gasteiger partial charge in [-0.15, -0.1) is 0 Å². The summed E-state index contributed by atoms with van der Waals surface area (Å²) in [5.41, 5.74) is 0.190. The highest BCUT2D eigenvalue weighted by atomic mass is 32.2. The van der Waals surface area contributed by atoms with Crippen molar-refractivity contribution in [1.29, 1.82) is 0 Å². The smallest absolute Gasteiger partial charge is 0.191 e. The molecule has 1 aliphatic carbocycles. The van der Waals surface area contributed by atoms with Gasteiger partial charge in [-0.05, 0) is 43.4 Å². The Labute approximate surface area is 140 Å². The second-order valence-electron chi connectivity index (χ2n) is 6.47. The third-order valence-electron chi connectivity index (χ3n) is 4.22. The van der Waals surface area contributed by atoms with Crippen LogP contribution in [0.4, 0.5) is 8.78 Å². The Kier molecular flexibility index (Phi) is 5.03. The summed E-state index contributed by atoms with van der Waals surface area (Å²) in [6.45, 7) is 0.526. The molecular weight excluding hydrogens is 336 g/mol. The monoisotopic (exact) mass is 357 g/mol. The Balaban J connectivity index is 1.61. The number of sulfone groups is 1. The van der Waals surface area contributed by atoms with Crippen LogP contribution in [0.1, 0.15) is 24.8 Å². The summed E-state index contributed by atoms with van der Waals surface area (Å²) in [6, 6.07) is 3.65. The van der Waals surface area contributed by atoms with Crippen molar-refractivity contribution < 1.29 is 17.2 Å². The molecule has 1 aromatic rings. The third-order valence-corrected chi connectivity index (χ3v) is 6.06. The van der Waals surface area contributed by atoms with Gasteiger partial charge in [0.05, 0.1) is 18.1 Å². The first-order valence-electron chi connectivity index (χ1n) is 8.10. The van der Waals surface area contributed by atoms with Gasteiger partial charge >= 0.3 is 0 Å². The first kappa shape index (κ1) is 17.1. The minimum atomic E-state index is -2.91. The molecule has 24 heavy (non-hydrogen) atoms. The second-order valence-corrected chi connectivity index (χ2v) is 8.70. The fourth-order valence-corrected chi connectivity index (χ4v) is 4.54. The summed E-state index contributed by atoms with van der Waals surface area (Å²) in [4.78, 5) is 4.31. The average Bonchev–Trinajstić information content (AvgIpc) is 3.27. The molecule has 8 heteroatoms. The molecule has 1 heterocycles. The van der Waals surface area contributed by atoms with Gasteiger partial charge in [0.25, 0.3) is 0 Å². The summed E-state index contributed by atoms with van der Waals surface area (Å²) in [5.74, 6) is 0.0128. The predicted octanol–water partition coefficient (Wildman–Crippen LogP) is 1.60. The second kappa shape index (κ2) is 7.04. The van der Waals surface area contributed by atoms with E-state index in [1.165, 1.54) is 0 Å². The molecule has 1 aromatic carbocycles. The zero-order chi connectivity index (χ0) is 17.2. The number of nitrogens with one attached hydrogen (secondary N) is 2. The first-order valence-corrected chi connectivity index (χ1v) is 9.92. The molecule has 0 bridgehead atoms. The van der Waals surface area contributed by atoms with Crippen molar-refractivity contribution in [1.82, 2.24) is 10.6 Å². The standard InChI is InChI=1S/C16H21F2N3O2S/c17-13-1-4-15(18)12(7-13)9-20-16(21-14-2-3-14)19-8-11-5-6-24(22,23)10-11/h1,4,7,11,14H,2-3,5-6,8-10H2,(H2,19,20,21). The maximum absolute atomic E-state index is 13.7. The lowest BCUT2D eigenvalue weighted by Crippen LogP contribution is -2.41. The zero-order valence-electron chi connectivity index (χ0n) is 13.3. The highest BCUT2D eigenvalue weighted by molar-refractivity contribution is 7.91. The van der Waals surface area contributed by atoms with Gasteiger partial charge in [0.2, 0.25) is 0 Å². The van der Waals surface area contributed by atoms with E-state index in [2.05, 4.69) is 15.6 Å². The average molecular weight is 357 g/mol. The molecule has 1 unspecified atom stereocenters. The Morgan fingerprint density at radius 2 is 2.04 bits per heavy atom. The minimum Gasteiger partial charge on any atom is -0.356 e. The van der Waals surface area contributed by atoms with Gasteiger partial charge in [-0.3, -0.25) is 0 Å². The minimum absolute atomic E-state index is 0.0224. The van der Waals surface area contributed by atoms with Crippen LogP contribution in [0.25, 0.3) is 0 Å². The van der Waals surface area contributed by atoms with Gasteiger partial charge in [0, 0.05) is 18.2 Å². The SMILES string of the molecule is O=S1(=O)CCC(CNC(=NCc2cc(F)ccc2F)NC2CC2)C1. The van der Waals surface area contributed by atoms with E-state index >= 15 is 0 Å². The summed E-state index contributed by atoms with van der Waals surface area (Å²) >= 11 is 0. The molecule has 5 nitrogen and oxygen atoms in total. The molecule has 2 N–H and O–H groups in total. The molecule has 132 valence electrons. The number of rotatable bonds is 5. The van der Waals surface area contributed by atoms with Crippen molar-refractivity contribution in [2.75, 3.05) is 18.1 Å². The molecule has 1 saturated carbocycles. The lowest BCUT2D eigenvalue weighted by molar-refractivity contribution is 0.565. The van der Waals surface area contributed by atoms with Gasteiger partial charge in [-0.2, -0.15) is 0 Å². The first-order chi connectivity index (χ1) is 11.4. The predicted molar refractivity (Wildman–Crippen MR) is 88.4 cm³/mol. The van der Waals surface area contributed by atoms with Gasteiger partial charge in [0.15, 0.2) is 15.8 Å². The fourth-order valence-electron chi connectivity index (χ4n) is 2.68. The molecule has 2 fully saturated rings. The number of nitrogens with zero attached hydrogens (tertiary/aromatic N) is 1. The third kappa shape index (κ3) is 4.90. The number of guanidine groups is 1. The lowest BCUT2D eigenvalue weighted by atomic mass is 10.1. The maximum Gasteiger partial charge on any atom is 0.191 e. The molecule has 3 rings (SSSR count). The zero-order valence-corrected chi connectivity index (χ0v) is 14.1. The van der Waals surface area contributed by atoms with E-state index in [4.69, 9.17) is 0 Å². The molecule has 1 aliphatic heterocycles. The Hall–Kier alpha value is -1.70. The van der Waals surface area contributed by atoms with E-state index in [9.17, 15) is 17.2 Å². The topological polar surface area (TPSA) is 70.6 Å². The highest BCUT2D eigenvalue weighted by Gasteiger charge is 2.28. The maximum atomic E-state index is 13.7. The van der Waals surface area contributed by atoms with Crippen LogP contribution in [0, 0.1) is 17.6 Å². The normalized spacial score (nSPS) is 23.2. The van der Waals surface area contributed by atoms with E-state index in [0.29, 0.717) is 25.0 Å². The number of hydrogen-bond donors (Lipinski definition) is 2. The Morgan fingerprint density at radius 3 is 2.71 bits per heavy atom. The van der Waals surface area contributed by atoms with E-state index in [-0.39, 0.29) is 29.5 Å². The van der Waals surface area contributed by atoms with E-state index in [1.54, 1.807) is 0 Å². The van der Waals surface area contributed by atoms with Crippen molar-refractivity contribution in [3.05, 3.63) is 35.4 Å². The van der Waals surface area contributed by atoms with Crippen LogP contribution in [0.5, 0.6) is 0 Å². The number of halogens is 2. The van der Waals surface area contributed by atoms with Crippen molar-refractivity contribution >= 4 is 15.8 Å². The summed E-state index contributed by atoms with van der Waals surface area (Å²) in [5, 5.41) is 6.35. The van der Waals surface area contributed by atoms with Crippen molar-refractivity contribution in [3.63, 3.8) is 0 Å². The van der Waals surface area contributed by atoms with E-state index < -0.39 is 21.5 Å². The van der Waals surface area contributed by atoms with Crippen LogP contribution < -0.4 is 10.6 Å². The Bertz CT molecular complexity index is 733. The summed E-state index contributed by atoms with van der Waals surface area (Å²) in [6.07, 6.45) is 2.74. The quantitative estimate of drug-likeness (QED) is 0.620. The summed E-state index contributed by atoms with van der Waals surface area (Å²) in [7, 11) is -2.91. The molecule has 0 spiro atoms. The molecule has 0 amide bonds. The largest absolute Gasteiger partial charge is 0.356 e. The lowest BCUT2D eigenvalue weighted by Gasteiger charge is -2.15. The molecular formula is C16H21F2N3O2S. The van der Waals surface area contributed by atoms with Crippen molar-refractivity contribution in [3.8, 4) is 0 Å². The van der Waals surface area contributed by atoms with Crippen LogP contribution in [-0.2, 0) is 16.4 Å². The number of aliphatic imine (C=N–C) groups is 1. The number of benzene rings is 1. The fraction of sp³-hybridized carbons (Fsp3) is 0.562. The van der Waals surface area contributed by atoms with Crippen LogP contribution >= 0.6 is 0 Å². The highest BCUT2D eigenvalue weighted by Crippen LogP contribution is 2.19. The molecule has 1 saturated heterocycles. The summed E-state index contributed by atoms with van der Waals surface area (Å²) < 4.78 is 49.9. The van der Waals surface area contributed by atoms with Gasteiger partial charge in [0.1, 0.15) is 11.6 Å². The van der Waals surface area contributed by atoms with E-state index in [0.717, 1.165) is 31.0 Å². The molecule has 0 radical (unpaired) electrons. The van der Waals surface area contributed by atoms with Crippen molar-refractivity contribution in [2.24, 2.45) is 10.9 Å². The van der Waals surface area contributed by atoms with Gasteiger partial charge in [-0.25, -0.2) is 22.2 Å². The van der Waals surface area contributed by atoms with E-state index in [1.807, 2.05) is 0 Å². The molecule has 0 aromatic heterocycles. The molecule has 1 atom stereocenters. The van der Waals surface area contributed by atoms with Crippen LogP contribution in [0.2, 0.25) is 0 Å². The molecule has 2 aliphatic rings.